The number of nitriles is 1. The highest BCUT2D eigenvalue weighted by Gasteiger charge is 1.92. The highest BCUT2D eigenvalue weighted by molar-refractivity contribution is 5.81. The maximum atomic E-state index is 10.2. The summed E-state index contributed by atoms with van der Waals surface area (Å²) in [6, 6.07) is 11.2. The maximum absolute atomic E-state index is 10.2. The molecule has 1 aromatic carbocycles. The van der Waals surface area contributed by atoms with Gasteiger partial charge in [0, 0.05) is 6.08 Å². The molecule has 0 atom stereocenters. The third-order valence-electron chi connectivity index (χ3n) is 1.66. The highest BCUT2D eigenvalue weighted by Crippen LogP contribution is 2.06. The number of hydrogen-bond donors (Lipinski definition) is 1. The minimum absolute atomic E-state index is 0.309. The fraction of sp³-hybridized carbons (Fsp3) is 0. The van der Waals surface area contributed by atoms with Crippen LogP contribution in [0.5, 0.6) is 0 Å². The van der Waals surface area contributed by atoms with Gasteiger partial charge in [0.1, 0.15) is 0 Å². The quantitative estimate of drug-likeness (QED) is 0.461. The molecular weight excluding hydrogens is 190 g/mol. The fourth-order valence-electron chi connectivity index (χ4n) is 1.01. The minimum atomic E-state index is -1.07. The molecule has 0 saturated heterocycles. The lowest BCUT2D eigenvalue weighted by molar-refractivity contribution is -0.131. The van der Waals surface area contributed by atoms with Crippen LogP contribution in [0, 0.1) is 11.3 Å². The van der Waals surface area contributed by atoms with Crippen LogP contribution in [0.2, 0.25) is 0 Å². The molecule has 0 aromatic heterocycles. The monoisotopic (exact) mass is 199 g/mol. The molecule has 1 N–H and O–H groups in total. The normalized spacial score (nSPS) is 11.3. The molecule has 0 unspecified atom stereocenters. The molecule has 0 bridgehead atoms. The average molecular weight is 199 g/mol. The van der Waals surface area contributed by atoms with Gasteiger partial charge in [0.05, 0.1) is 11.6 Å². The van der Waals surface area contributed by atoms with Crippen LogP contribution in [0.4, 0.5) is 0 Å². The van der Waals surface area contributed by atoms with Crippen LogP contribution in [0.1, 0.15) is 5.56 Å². The topological polar surface area (TPSA) is 61.1 Å². The number of allylic oxidation sites excluding steroid dienone is 2. The summed E-state index contributed by atoms with van der Waals surface area (Å²) in [6.07, 6.45) is 3.84. The minimum Gasteiger partial charge on any atom is -0.478 e. The van der Waals surface area contributed by atoms with Gasteiger partial charge in [0.15, 0.2) is 0 Å². The van der Waals surface area contributed by atoms with Crippen molar-refractivity contribution in [1.29, 1.82) is 5.26 Å². The van der Waals surface area contributed by atoms with Gasteiger partial charge in [-0.25, -0.2) is 4.79 Å². The second-order valence-electron chi connectivity index (χ2n) is 2.79. The van der Waals surface area contributed by atoms with E-state index in [2.05, 4.69) is 0 Å². The van der Waals surface area contributed by atoms with Crippen LogP contribution in [0.3, 0.4) is 0 Å². The number of carboxylic acid groups (broad SMARTS) is 1. The van der Waals surface area contributed by atoms with E-state index in [1.807, 2.05) is 36.4 Å². The van der Waals surface area contributed by atoms with Crippen molar-refractivity contribution < 1.29 is 9.90 Å². The standard InChI is InChI=1S/C12H9NO2/c13-9-11(6-7-12(14)15)8-10-4-2-1-3-5-10/h1-8H,(H,14,15). The first-order valence-corrected chi connectivity index (χ1v) is 4.30. The van der Waals surface area contributed by atoms with Crippen LogP contribution < -0.4 is 0 Å². The number of hydrogen-bond acceptors (Lipinski definition) is 2. The Morgan fingerprint density at radius 1 is 1.27 bits per heavy atom. The van der Waals surface area contributed by atoms with E-state index in [1.165, 1.54) is 6.08 Å². The van der Waals surface area contributed by atoms with E-state index >= 15 is 0 Å². The van der Waals surface area contributed by atoms with Crippen molar-refractivity contribution in [2.45, 2.75) is 0 Å². The summed E-state index contributed by atoms with van der Waals surface area (Å²) >= 11 is 0. The Bertz CT molecular complexity index is 438. The third-order valence-corrected chi connectivity index (χ3v) is 1.66. The van der Waals surface area contributed by atoms with Gasteiger partial charge in [0.2, 0.25) is 0 Å². The molecule has 74 valence electrons. The van der Waals surface area contributed by atoms with Crippen molar-refractivity contribution in [2.75, 3.05) is 0 Å². The van der Waals surface area contributed by atoms with Gasteiger partial charge in [-0.15, -0.1) is 0 Å². The first kappa shape index (κ1) is 10.7. The molecule has 15 heavy (non-hydrogen) atoms. The van der Waals surface area contributed by atoms with Crippen molar-refractivity contribution in [2.24, 2.45) is 0 Å². The van der Waals surface area contributed by atoms with E-state index in [-0.39, 0.29) is 0 Å². The highest BCUT2D eigenvalue weighted by atomic mass is 16.4. The van der Waals surface area contributed by atoms with Gasteiger partial charge >= 0.3 is 5.97 Å². The molecule has 0 aliphatic heterocycles. The van der Waals surface area contributed by atoms with Gasteiger partial charge in [-0.1, -0.05) is 30.3 Å². The Morgan fingerprint density at radius 2 is 1.93 bits per heavy atom. The molecule has 1 rings (SSSR count). The molecule has 0 amide bonds. The van der Waals surface area contributed by atoms with E-state index in [0.717, 1.165) is 11.6 Å². The summed E-state index contributed by atoms with van der Waals surface area (Å²) in [5, 5.41) is 17.1. The van der Waals surface area contributed by atoms with Gasteiger partial charge < -0.3 is 5.11 Å². The molecule has 0 saturated carbocycles. The molecule has 3 heteroatoms. The molecule has 0 fully saturated rings. The lowest BCUT2D eigenvalue weighted by atomic mass is 10.1. The van der Waals surface area contributed by atoms with Crippen LogP contribution >= 0.6 is 0 Å². The summed E-state index contributed by atoms with van der Waals surface area (Å²) in [4.78, 5) is 10.2. The van der Waals surface area contributed by atoms with Gasteiger partial charge in [0.25, 0.3) is 0 Å². The van der Waals surface area contributed by atoms with E-state index in [4.69, 9.17) is 10.4 Å². The molecule has 0 heterocycles. The van der Waals surface area contributed by atoms with Crippen molar-refractivity contribution in [1.82, 2.24) is 0 Å². The molecule has 0 radical (unpaired) electrons. The number of nitrogens with zero attached hydrogens (tertiary/aromatic N) is 1. The summed E-state index contributed by atoms with van der Waals surface area (Å²) < 4.78 is 0. The maximum Gasteiger partial charge on any atom is 0.328 e. The Kier molecular flexibility index (Phi) is 3.87. The van der Waals surface area contributed by atoms with Crippen LogP contribution in [-0.2, 0) is 4.79 Å². The first-order valence-electron chi connectivity index (χ1n) is 4.30. The van der Waals surface area contributed by atoms with E-state index < -0.39 is 5.97 Å². The fourth-order valence-corrected chi connectivity index (χ4v) is 1.01. The zero-order valence-corrected chi connectivity index (χ0v) is 7.92. The Morgan fingerprint density at radius 3 is 2.47 bits per heavy atom. The molecule has 0 aliphatic rings. The first-order chi connectivity index (χ1) is 7.22. The van der Waals surface area contributed by atoms with Crippen molar-refractivity contribution in [3.05, 3.63) is 53.6 Å². The summed E-state index contributed by atoms with van der Waals surface area (Å²) in [7, 11) is 0. The molecule has 3 nitrogen and oxygen atoms in total. The van der Waals surface area contributed by atoms with Gasteiger partial charge in [-0.2, -0.15) is 5.26 Å². The Hall–Kier alpha value is -2.34. The van der Waals surface area contributed by atoms with Crippen LogP contribution in [0.25, 0.3) is 6.08 Å². The number of carbonyl (C=O) groups is 1. The van der Waals surface area contributed by atoms with Crippen molar-refractivity contribution >= 4 is 12.0 Å². The Balaban J connectivity index is 2.90. The SMILES string of the molecule is N#CC(C=CC(=O)O)=Cc1ccccc1. The number of carboxylic acids is 1. The van der Waals surface area contributed by atoms with Gasteiger partial charge in [-0.3, -0.25) is 0 Å². The summed E-state index contributed by atoms with van der Waals surface area (Å²) in [5.74, 6) is -1.07. The lowest BCUT2D eigenvalue weighted by Gasteiger charge is -1.91. The summed E-state index contributed by atoms with van der Waals surface area (Å²) in [5.41, 5.74) is 1.17. The number of benzene rings is 1. The molecule has 1 aromatic rings. The van der Waals surface area contributed by atoms with E-state index in [1.54, 1.807) is 6.08 Å². The third kappa shape index (κ3) is 3.92. The lowest BCUT2D eigenvalue weighted by Crippen LogP contribution is -1.86. The van der Waals surface area contributed by atoms with Gasteiger partial charge in [-0.05, 0) is 17.7 Å². The van der Waals surface area contributed by atoms with Crippen molar-refractivity contribution in [3.8, 4) is 6.07 Å². The summed E-state index contributed by atoms with van der Waals surface area (Å²) in [6.45, 7) is 0. The number of aliphatic carboxylic acids is 1. The predicted octanol–water partition coefficient (Wildman–Crippen LogP) is 2.23. The van der Waals surface area contributed by atoms with E-state index in [0.29, 0.717) is 5.57 Å². The predicted molar refractivity (Wildman–Crippen MR) is 56.8 cm³/mol. The van der Waals surface area contributed by atoms with Crippen LogP contribution in [-0.4, -0.2) is 11.1 Å². The zero-order valence-electron chi connectivity index (χ0n) is 7.92. The smallest absolute Gasteiger partial charge is 0.328 e. The van der Waals surface area contributed by atoms with E-state index in [9.17, 15) is 4.79 Å². The number of rotatable bonds is 3. The second kappa shape index (κ2) is 5.40. The zero-order chi connectivity index (χ0) is 11.1. The largest absolute Gasteiger partial charge is 0.478 e. The van der Waals surface area contributed by atoms with Crippen LogP contribution in [0.15, 0.2) is 48.1 Å². The molecule has 0 spiro atoms. The van der Waals surface area contributed by atoms with Crippen molar-refractivity contribution in [3.63, 3.8) is 0 Å². The molecular formula is C12H9NO2. The second-order valence-corrected chi connectivity index (χ2v) is 2.79. The average Bonchev–Trinajstić information content (AvgIpc) is 2.25. The molecule has 0 aliphatic carbocycles. The Labute approximate surface area is 87.6 Å².